The average molecular weight is 303 g/mol. The highest BCUT2D eigenvalue weighted by molar-refractivity contribution is 5.77. The monoisotopic (exact) mass is 303 g/mol. The molecule has 2 saturated heterocycles. The van der Waals surface area contributed by atoms with Gasteiger partial charge < -0.3 is 4.74 Å². The second kappa shape index (κ2) is 5.05. The Bertz CT molecular complexity index is 762. The van der Waals surface area contributed by atoms with Crippen molar-refractivity contribution in [1.82, 2.24) is 14.9 Å². The number of rotatable bonds is 3. The van der Waals surface area contributed by atoms with Crippen molar-refractivity contribution >= 4 is 10.9 Å². The van der Waals surface area contributed by atoms with E-state index in [2.05, 4.69) is 14.9 Å². The highest BCUT2D eigenvalue weighted by Crippen LogP contribution is 2.40. The van der Waals surface area contributed by atoms with Crippen molar-refractivity contribution in [1.29, 1.82) is 0 Å². The van der Waals surface area contributed by atoms with Gasteiger partial charge >= 0.3 is 0 Å². The maximum Gasteiger partial charge on any atom is 0.297 e. The van der Waals surface area contributed by atoms with Gasteiger partial charge in [-0.2, -0.15) is 4.98 Å². The summed E-state index contributed by atoms with van der Waals surface area (Å²) in [7, 11) is 0. The lowest BCUT2D eigenvalue weighted by Gasteiger charge is -2.30. The number of fused-ring (bicyclic) bond motifs is 2. The number of alkyl halides is 1. The number of aromatic amines is 1. The second-order valence-electron chi connectivity index (χ2n) is 6.25. The van der Waals surface area contributed by atoms with Crippen molar-refractivity contribution in [2.24, 2.45) is 0 Å². The Morgan fingerprint density at radius 1 is 1.45 bits per heavy atom. The molecule has 4 rings (SSSR count). The van der Waals surface area contributed by atoms with E-state index in [1.54, 1.807) is 18.2 Å². The summed E-state index contributed by atoms with van der Waals surface area (Å²) >= 11 is 0. The predicted molar refractivity (Wildman–Crippen MR) is 80.9 cm³/mol. The van der Waals surface area contributed by atoms with Crippen LogP contribution in [0.25, 0.3) is 10.9 Å². The first-order valence-corrected chi connectivity index (χ1v) is 7.67. The number of halogens is 1. The van der Waals surface area contributed by atoms with Crippen molar-refractivity contribution < 1.29 is 9.13 Å². The summed E-state index contributed by atoms with van der Waals surface area (Å²) in [6.07, 6.45) is 1.72. The fourth-order valence-electron chi connectivity index (χ4n) is 3.78. The first-order chi connectivity index (χ1) is 10.7. The van der Waals surface area contributed by atoms with Gasteiger partial charge in [0.05, 0.1) is 16.4 Å². The van der Waals surface area contributed by atoms with E-state index in [1.807, 2.05) is 6.07 Å². The standard InChI is InChI=1S/C16H18FN3O2/c17-11-8-16(6-3-7-20(16)9-11)10-22-15-18-13-5-2-1-4-12(13)14(21)19-15/h1-2,4-5,11H,3,6-10H2,(H,18,19,21)/t11-,16+/m1/s1. The van der Waals surface area contributed by atoms with Gasteiger partial charge in [-0.1, -0.05) is 12.1 Å². The van der Waals surface area contributed by atoms with Gasteiger partial charge in [0, 0.05) is 13.0 Å². The molecule has 2 aliphatic rings. The molecule has 0 saturated carbocycles. The Hall–Kier alpha value is -1.95. The molecule has 1 aromatic heterocycles. The van der Waals surface area contributed by atoms with Crippen molar-refractivity contribution in [3.63, 3.8) is 0 Å². The Balaban J connectivity index is 1.58. The number of H-pyrrole nitrogens is 1. The van der Waals surface area contributed by atoms with Crippen LogP contribution < -0.4 is 10.3 Å². The largest absolute Gasteiger partial charge is 0.463 e. The summed E-state index contributed by atoms with van der Waals surface area (Å²) < 4.78 is 19.5. The highest BCUT2D eigenvalue weighted by Gasteiger charge is 2.49. The highest BCUT2D eigenvalue weighted by atomic mass is 19.1. The van der Waals surface area contributed by atoms with E-state index in [0.717, 1.165) is 19.4 Å². The third-order valence-electron chi connectivity index (χ3n) is 4.83. The van der Waals surface area contributed by atoms with Crippen LogP contribution in [-0.4, -0.2) is 46.3 Å². The molecule has 2 fully saturated rings. The molecule has 5 nitrogen and oxygen atoms in total. The molecule has 2 atom stereocenters. The Morgan fingerprint density at radius 3 is 3.23 bits per heavy atom. The van der Waals surface area contributed by atoms with Crippen LogP contribution in [0.5, 0.6) is 6.01 Å². The van der Waals surface area contributed by atoms with E-state index in [9.17, 15) is 9.18 Å². The molecule has 3 heterocycles. The van der Waals surface area contributed by atoms with Gasteiger partial charge in [-0.3, -0.25) is 14.7 Å². The van der Waals surface area contributed by atoms with E-state index < -0.39 is 6.17 Å². The summed E-state index contributed by atoms with van der Waals surface area (Å²) in [6, 6.07) is 7.36. The summed E-state index contributed by atoms with van der Waals surface area (Å²) in [4.78, 5) is 21.2. The number of para-hydroxylation sites is 1. The molecule has 0 unspecified atom stereocenters. The van der Waals surface area contributed by atoms with Crippen LogP contribution in [0.3, 0.4) is 0 Å². The molecule has 0 radical (unpaired) electrons. The van der Waals surface area contributed by atoms with E-state index >= 15 is 0 Å². The molecule has 6 heteroatoms. The summed E-state index contributed by atoms with van der Waals surface area (Å²) in [5.74, 6) is 0. The van der Waals surface area contributed by atoms with Gasteiger partial charge in [-0.15, -0.1) is 0 Å². The fraction of sp³-hybridized carbons (Fsp3) is 0.500. The molecule has 22 heavy (non-hydrogen) atoms. The summed E-state index contributed by atoms with van der Waals surface area (Å²) in [6.45, 7) is 1.78. The molecule has 116 valence electrons. The van der Waals surface area contributed by atoms with Crippen LogP contribution in [0.1, 0.15) is 19.3 Å². The maximum atomic E-state index is 13.7. The van der Waals surface area contributed by atoms with E-state index in [1.165, 1.54) is 0 Å². The van der Waals surface area contributed by atoms with Gasteiger partial charge in [-0.25, -0.2) is 4.39 Å². The third kappa shape index (κ3) is 2.18. The molecule has 0 bridgehead atoms. The number of nitrogens with one attached hydrogen (secondary N) is 1. The summed E-state index contributed by atoms with van der Waals surface area (Å²) in [5.41, 5.74) is 0.164. The molecular formula is C16H18FN3O2. The molecule has 2 aliphatic heterocycles. The molecule has 0 spiro atoms. The smallest absolute Gasteiger partial charge is 0.297 e. The molecule has 0 aliphatic carbocycles. The lowest BCUT2D eigenvalue weighted by molar-refractivity contribution is 0.107. The van der Waals surface area contributed by atoms with Crippen LogP contribution in [0.15, 0.2) is 29.1 Å². The minimum absolute atomic E-state index is 0.212. The SMILES string of the molecule is O=c1[nH]c(OC[C@@]23CCCN2C[C@H](F)C3)nc2ccccc12. The third-order valence-corrected chi connectivity index (χ3v) is 4.83. The van der Waals surface area contributed by atoms with Crippen molar-refractivity contribution in [3.05, 3.63) is 34.6 Å². The minimum atomic E-state index is -0.785. The van der Waals surface area contributed by atoms with Gasteiger partial charge in [0.15, 0.2) is 0 Å². The molecule has 2 aromatic rings. The number of benzene rings is 1. The van der Waals surface area contributed by atoms with Gasteiger partial charge in [0.1, 0.15) is 12.8 Å². The van der Waals surface area contributed by atoms with E-state index in [4.69, 9.17) is 4.74 Å². The van der Waals surface area contributed by atoms with Gasteiger partial charge in [0.2, 0.25) is 0 Å². The number of hydrogen-bond acceptors (Lipinski definition) is 4. The van der Waals surface area contributed by atoms with Crippen LogP contribution in [0.2, 0.25) is 0 Å². The zero-order chi connectivity index (χ0) is 15.2. The topological polar surface area (TPSA) is 58.2 Å². The Morgan fingerprint density at radius 2 is 2.32 bits per heavy atom. The lowest BCUT2D eigenvalue weighted by Crippen LogP contribution is -2.43. The molecule has 1 aromatic carbocycles. The summed E-state index contributed by atoms with van der Waals surface area (Å²) in [5, 5.41) is 0.542. The van der Waals surface area contributed by atoms with Gasteiger partial charge in [0.25, 0.3) is 11.6 Å². The number of nitrogens with zero attached hydrogens (tertiary/aromatic N) is 2. The van der Waals surface area contributed by atoms with E-state index in [-0.39, 0.29) is 17.1 Å². The number of hydrogen-bond donors (Lipinski definition) is 1. The van der Waals surface area contributed by atoms with Crippen LogP contribution in [0.4, 0.5) is 4.39 Å². The molecular weight excluding hydrogens is 285 g/mol. The molecule has 0 amide bonds. The Labute approximate surface area is 127 Å². The first-order valence-electron chi connectivity index (χ1n) is 7.67. The van der Waals surface area contributed by atoms with Crippen molar-refractivity contribution in [3.8, 4) is 6.01 Å². The number of ether oxygens (including phenoxy) is 1. The van der Waals surface area contributed by atoms with Crippen molar-refractivity contribution in [2.75, 3.05) is 19.7 Å². The fourth-order valence-corrected chi connectivity index (χ4v) is 3.78. The zero-order valence-corrected chi connectivity index (χ0v) is 12.2. The van der Waals surface area contributed by atoms with Gasteiger partial charge in [-0.05, 0) is 31.5 Å². The van der Waals surface area contributed by atoms with Crippen LogP contribution in [0, 0.1) is 0 Å². The Kier molecular flexibility index (Phi) is 3.14. The quantitative estimate of drug-likeness (QED) is 0.940. The maximum absolute atomic E-state index is 13.7. The average Bonchev–Trinajstić information content (AvgIpc) is 3.01. The second-order valence-corrected chi connectivity index (χ2v) is 6.25. The van der Waals surface area contributed by atoms with Crippen molar-refractivity contribution in [2.45, 2.75) is 31.0 Å². The predicted octanol–water partition coefficient (Wildman–Crippen LogP) is 1.88. The number of aromatic nitrogens is 2. The normalized spacial score (nSPS) is 28.1. The lowest BCUT2D eigenvalue weighted by atomic mass is 9.95. The van der Waals surface area contributed by atoms with Crippen LogP contribution >= 0.6 is 0 Å². The molecule has 1 N–H and O–H groups in total. The zero-order valence-electron chi connectivity index (χ0n) is 12.2. The first kappa shape index (κ1) is 13.7. The van der Waals surface area contributed by atoms with E-state index in [0.29, 0.717) is 30.5 Å². The van der Waals surface area contributed by atoms with Crippen LogP contribution in [-0.2, 0) is 0 Å². The minimum Gasteiger partial charge on any atom is -0.463 e.